The summed E-state index contributed by atoms with van der Waals surface area (Å²) < 4.78 is 41.9. The van der Waals surface area contributed by atoms with Gasteiger partial charge in [-0.15, -0.1) is 0 Å². The summed E-state index contributed by atoms with van der Waals surface area (Å²) in [6.45, 7) is 1.99. The number of aryl methyl sites for hydroxylation is 1. The Bertz CT molecular complexity index is 950. The van der Waals surface area contributed by atoms with Crippen LogP contribution in [0.3, 0.4) is 0 Å². The predicted octanol–water partition coefficient (Wildman–Crippen LogP) is 7.43. The summed E-state index contributed by atoms with van der Waals surface area (Å²) in [4.78, 5) is 13.5. The van der Waals surface area contributed by atoms with Gasteiger partial charge >= 0.3 is 6.18 Å². The molecule has 2 unspecified atom stereocenters. The lowest BCUT2D eigenvalue weighted by Gasteiger charge is -2.31. The lowest BCUT2D eigenvalue weighted by molar-refractivity contribution is -0.163. The Hall–Kier alpha value is -2.50. The van der Waals surface area contributed by atoms with Crippen LogP contribution in [0, 0.1) is 12.8 Å². The van der Waals surface area contributed by atoms with Crippen molar-refractivity contribution in [1.82, 2.24) is 5.32 Å². The molecule has 184 valence electrons. The molecule has 2 aliphatic rings. The van der Waals surface area contributed by atoms with Crippen LogP contribution in [0.15, 0.2) is 48.5 Å². The van der Waals surface area contributed by atoms with E-state index in [0.717, 1.165) is 42.5 Å². The standard InChI is InChI=1S/C28H35F3N2O/c1-19-13-12-18-22-23(20-14-8-5-3-2-4-6-9-15-20)25(32-24(19)22)27(34)33-26(28(29,30)31)21-16-10-7-11-17-21/h7,10-13,16-18,20,23,25-26,32H,2-6,8-9,14-15H2,1H3,(H,33,34)/t23?,25?,26-/m0/s1. The van der Waals surface area contributed by atoms with Gasteiger partial charge in [-0.25, -0.2) is 0 Å². The molecule has 3 nitrogen and oxygen atoms in total. The van der Waals surface area contributed by atoms with Gasteiger partial charge in [-0.05, 0) is 42.4 Å². The minimum Gasteiger partial charge on any atom is -0.373 e. The quantitative estimate of drug-likeness (QED) is 0.486. The molecule has 1 aliphatic carbocycles. The van der Waals surface area contributed by atoms with Crippen LogP contribution in [0.5, 0.6) is 0 Å². The fourth-order valence-corrected chi connectivity index (χ4v) is 5.78. The number of hydrogen-bond donors (Lipinski definition) is 2. The number of para-hydroxylation sites is 1. The molecule has 1 fully saturated rings. The van der Waals surface area contributed by atoms with Gasteiger partial charge in [-0.1, -0.05) is 93.5 Å². The first-order chi connectivity index (χ1) is 16.4. The molecule has 1 amide bonds. The summed E-state index contributed by atoms with van der Waals surface area (Å²) in [6, 6.07) is 10.9. The summed E-state index contributed by atoms with van der Waals surface area (Å²) in [5.41, 5.74) is 3.05. The number of hydrogen-bond acceptors (Lipinski definition) is 2. The SMILES string of the molecule is Cc1cccc2c1NC(C(=O)N[C@@H](c1ccccc1)C(F)(F)F)C2C1CCCCCCCCC1. The number of nitrogens with one attached hydrogen (secondary N) is 2. The van der Waals surface area contributed by atoms with Crippen molar-refractivity contribution in [1.29, 1.82) is 0 Å². The van der Waals surface area contributed by atoms with Crippen LogP contribution in [0.2, 0.25) is 0 Å². The predicted molar refractivity (Wildman–Crippen MR) is 130 cm³/mol. The van der Waals surface area contributed by atoms with Crippen molar-refractivity contribution in [3.05, 3.63) is 65.2 Å². The lowest BCUT2D eigenvalue weighted by Crippen LogP contribution is -2.47. The molecule has 2 aromatic rings. The number of halogens is 3. The zero-order valence-electron chi connectivity index (χ0n) is 19.8. The molecule has 2 N–H and O–H groups in total. The number of rotatable bonds is 4. The average molecular weight is 473 g/mol. The van der Waals surface area contributed by atoms with E-state index in [1.165, 1.54) is 44.2 Å². The summed E-state index contributed by atoms with van der Waals surface area (Å²) in [5.74, 6) is -0.437. The molecule has 0 radical (unpaired) electrons. The van der Waals surface area contributed by atoms with Gasteiger partial charge in [0.1, 0.15) is 6.04 Å². The van der Waals surface area contributed by atoms with E-state index in [1.54, 1.807) is 18.2 Å². The highest BCUT2D eigenvalue weighted by atomic mass is 19.4. The Morgan fingerprint density at radius 3 is 2.15 bits per heavy atom. The maximum atomic E-state index is 14.0. The third-order valence-corrected chi connectivity index (χ3v) is 7.51. The van der Waals surface area contributed by atoms with Crippen molar-refractivity contribution in [2.45, 2.75) is 88.9 Å². The van der Waals surface area contributed by atoms with Crippen LogP contribution < -0.4 is 10.6 Å². The van der Waals surface area contributed by atoms with Gasteiger partial charge in [-0.3, -0.25) is 4.79 Å². The normalized spacial score (nSPS) is 22.9. The molecule has 6 heteroatoms. The van der Waals surface area contributed by atoms with Gasteiger partial charge in [0.15, 0.2) is 6.04 Å². The molecule has 2 aromatic carbocycles. The first kappa shape index (κ1) is 24.6. The van der Waals surface area contributed by atoms with Crippen molar-refractivity contribution >= 4 is 11.6 Å². The molecule has 4 rings (SSSR count). The first-order valence-electron chi connectivity index (χ1n) is 12.6. The monoisotopic (exact) mass is 472 g/mol. The highest BCUT2D eigenvalue weighted by Crippen LogP contribution is 2.46. The van der Waals surface area contributed by atoms with E-state index in [0.29, 0.717) is 0 Å². The van der Waals surface area contributed by atoms with E-state index in [1.807, 2.05) is 25.1 Å². The Morgan fingerprint density at radius 1 is 0.912 bits per heavy atom. The van der Waals surface area contributed by atoms with E-state index >= 15 is 0 Å². The van der Waals surface area contributed by atoms with Gasteiger partial charge in [0.2, 0.25) is 5.91 Å². The summed E-state index contributed by atoms with van der Waals surface area (Å²) in [5, 5.41) is 5.71. The minimum absolute atomic E-state index is 0.0466. The van der Waals surface area contributed by atoms with Crippen LogP contribution >= 0.6 is 0 Å². The molecular weight excluding hydrogens is 437 g/mol. The topological polar surface area (TPSA) is 41.1 Å². The third kappa shape index (κ3) is 5.59. The number of fused-ring (bicyclic) bond motifs is 1. The second-order valence-corrected chi connectivity index (χ2v) is 9.89. The van der Waals surface area contributed by atoms with E-state index in [9.17, 15) is 18.0 Å². The smallest absolute Gasteiger partial charge is 0.373 e. The van der Waals surface area contributed by atoms with Crippen LogP contribution in [-0.2, 0) is 4.79 Å². The number of alkyl halides is 3. The summed E-state index contributed by atoms with van der Waals surface area (Å²) >= 11 is 0. The van der Waals surface area contributed by atoms with Gasteiger partial charge in [0.25, 0.3) is 0 Å². The van der Waals surface area contributed by atoms with Crippen molar-refractivity contribution in [2.24, 2.45) is 5.92 Å². The largest absolute Gasteiger partial charge is 0.412 e. The van der Waals surface area contributed by atoms with E-state index in [2.05, 4.69) is 10.6 Å². The molecule has 1 heterocycles. The highest BCUT2D eigenvalue weighted by molar-refractivity contribution is 5.89. The van der Waals surface area contributed by atoms with Crippen LogP contribution in [0.4, 0.5) is 18.9 Å². The Morgan fingerprint density at radius 2 is 1.53 bits per heavy atom. The molecular formula is C28H35F3N2O. The van der Waals surface area contributed by atoms with Crippen molar-refractivity contribution in [3.8, 4) is 0 Å². The highest BCUT2D eigenvalue weighted by Gasteiger charge is 2.46. The van der Waals surface area contributed by atoms with Crippen molar-refractivity contribution in [2.75, 3.05) is 5.32 Å². The molecule has 1 aliphatic heterocycles. The van der Waals surface area contributed by atoms with E-state index < -0.39 is 24.2 Å². The maximum Gasteiger partial charge on any atom is 0.412 e. The molecule has 0 bridgehead atoms. The number of carbonyl (C=O) groups excluding carboxylic acids is 1. The number of carbonyl (C=O) groups is 1. The number of anilines is 1. The molecule has 3 atom stereocenters. The Balaban J connectivity index is 1.63. The van der Waals surface area contributed by atoms with E-state index in [-0.39, 0.29) is 17.4 Å². The van der Waals surface area contributed by atoms with Gasteiger partial charge in [-0.2, -0.15) is 13.2 Å². The minimum atomic E-state index is -4.58. The maximum absolute atomic E-state index is 14.0. The van der Waals surface area contributed by atoms with Crippen LogP contribution in [0.25, 0.3) is 0 Å². The van der Waals surface area contributed by atoms with Gasteiger partial charge < -0.3 is 10.6 Å². The number of benzene rings is 2. The van der Waals surface area contributed by atoms with E-state index in [4.69, 9.17) is 0 Å². The zero-order valence-corrected chi connectivity index (χ0v) is 19.8. The molecule has 34 heavy (non-hydrogen) atoms. The fraction of sp³-hybridized carbons (Fsp3) is 0.536. The second-order valence-electron chi connectivity index (χ2n) is 9.89. The molecule has 0 saturated heterocycles. The summed E-state index contributed by atoms with van der Waals surface area (Å²) in [7, 11) is 0. The number of amides is 1. The first-order valence-corrected chi connectivity index (χ1v) is 12.6. The summed E-state index contributed by atoms with van der Waals surface area (Å²) in [6.07, 6.45) is 5.74. The van der Waals surface area contributed by atoms with Crippen LogP contribution in [0.1, 0.15) is 86.4 Å². The Labute approximate surface area is 200 Å². The molecule has 1 saturated carbocycles. The average Bonchev–Trinajstić information content (AvgIpc) is 3.21. The third-order valence-electron chi connectivity index (χ3n) is 7.51. The fourth-order valence-electron chi connectivity index (χ4n) is 5.78. The van der Waals surface area contributed by atoms with Gasteiger partial charge in [0, 0.05) is 11.6 Å². The van der Waals surface area contributed by atoms with Crippen molar-refractivity contribution < 1.29 is 18.0 Å². The van der Waals surface area contributed by atoms with Gasteiger partial charge in [0.05, 0.1) is 0 Å². The lowest BCUT2D eigenvalue weighted by atomic mass is 9.76. The zero-order chi connectivity index (χ0) is 24.1. The van der Waals surface area contributed by atoms with Crippen molar-refractivity contribution in [3.63, 3.8) is 0 Å². The Kier molecular flexibility index (Phi) is 7.84. The molecule has 0 spiro atoms. The van der Waals surface area contributed by atoms with Crippen LogP contribution in [-0.4, -0.2) is 18.1 Å². The second kappa shape index (κ2) is 10.8. The molecule has 0 aromatic heterocycles.